The molecule has 0 unspecified atom stereocenters. The van der Waals surface area contributed by atoms with Crippen molar-refractivity contribution in [2.24, 2.45) is 0 Å². The molecule has 0 spiro atoms. The van der Waals surface area contributed by atoms with Crippen molar-refractivity contribution in [2.75, 3.05) is 21.1 Å². The summed E-state index contributed by atoms with van der Waals surface area (Å²) in [6.45, 7) is 3.22. The standard InChI is InChI=1S/C19H22Cl2N3O/c1-13-17(11-24(2,3)4)23-10-6-9-18(19(23)22-13)25-12-14-15(20)7-5-8-16(14)21/h5-10H,11-12H2,1-4H3/q+1. The van der Waals surface area contributed by atoms with Gasteiger partial charge in [-0.1, -0.05) is 29.3 Å². The van der Waals surface area contributed by atoms with Crippen molar-refractivity contribution in [3.8, 4) is 5.75 Å². The molecule has 6 heteroatoms. The predicted molar refractivity (Wildman–Crippen MR) is 102 cm³/mol. The molecule has 0 atom stereocenters. The first kappa shape index (κ1) is 18.1. The van der Waals surface area contributed by atoms with E-state index in [9.17, 15) is 0 Å². The summed E-state index contributed by atoms with van der Waals surface area (Å²) in [5.41, 5.74) is 3.79. The van der Waals surface area contributed by atoms with E-state index in [1.807, 2.05) is 43.5 Å². The van der Waals surface area contributed by atoms with Crippen molar-refractivity contribution < 1.29 is 9.22 Å². The van der Waals surface area contributed by atoms with Gasteiger partial charge in [-0.15, -0.1) is 0 Å². The van der Waals surface area contributed by atoms with Crippen molar-refractivity contribution >= 4 is 28.8 Å². The first-order chi connectivity index (χ1) is 11.8. The van der Waals surface area contributed by atoms with Gasteiger partial charge in [0.05, 0.1) is 26.8 Å². The van der Waals surface area contributed by atoms with Crippen LogP contribution in [0.25, 0.3) is 5.65 Å². The third-order valence-corrected chi connectivity index (χ3v) is 4.68. The number of ether oxygens (including phenoxy) is 1. The van der Waals surface area contributed by atoms with Gasteiger partial charge in [0.1, 0.15) is 18.8 Å². The zero-order valence-corrected chi connectivity index (χ0v) is 16.4. The van der Waals surface area contributed by atoms with Crippen LogP contribution in [-0.2, 0) is 13.2 Å². The van der Waals surface area contributed by atoms with Crippen LogP contribution in [0.1, 0.15) is 17.0 Å². The highest BCUT2D eigenvalue weighted by Crippen LogP contribution is 2.28. The van der Waals surface area contributed by atoms with Crippen LogP contribution in [0.15, 0.2) is 36.5 Å². The van der Waals surface area contributed by atoms with Gasteiger partial charge in [-0.05, 0) is 31.2 Å². The molecular weight excluding hydrogens is 357 g/mol. The van der Waals surface area contributed by atoms with Crippen LogP contribution in [0.3, 0.4) is 0 Å². The Kier molecular flexibility index (Phi) is 4.96. The van der Waals surface area contributed by atoms with Gasteiger partial charge in [-0.2, -0.15) is 0 Å². The van der Waals surface area contributed by atoms with E-state index in [1.165, 1.54) is 5.69 Å². The first-order valence-electron chi connectivity index (χ1n) is 8.09. The highest BCUT2D eigenvalue weighted by Gasteiger charge is 2.18. The van der Waals surface area contributed by atoms with Crippen LogP contribution in [-0.4, -0.2) is 35.0 Å². The maximum absolute atomic E-state index is 6.23. The quantitative estimate of drug-likeness (QED) is 0.599. The molecule has 0 saturated heterocycles. The molecule has 3 aromatic rings. The molecule has 0 bridgehead atoms. The van der Waals surface area contributed by atoms with Crippen molar-refractivity contribution in [3.05, 3.63) is 63.5 Å². The van der Waals surface area contributed by atoms with E-state index in [0.717, 1.165) is 27.9 Å². The normalized spacial score (nSPS) is 11.9. The number of nitrogens with zero attached hydrogens (tertiary/aromatic N) is 3. The van der Waals surface area contributed by atoms with E-state index < -0.39 is 0 Å². The second kappa shape index (κ2) is 6.87. The fraction of sp³-hybridized carbons (Fsp3) is 0.316. The third-order valence-electron chi connectivity index (χ3n) is 3.97. The number of fused-ring (bicyclic) bond motifs is 1. The van der Waals surface area contributed by atoms with Gasteiger partial charge in [0, 0.05) is 21.8 Å². The average Bonchev–Trinajstić information content (AvgIpc) is 2.82. The number of quaternary nitrogens is 1. The predicted octanol–water partition coefficient (Wildman–Crippen LogP) is 4.73. The van der Waals surface area contributed by atoms with Gasteiger partial charge in [0.25, 0.3) is 0 Å². The number of pyridine rings is 1. The van der Waals surface area contributed by atoms with Gasteiger partial charge in [-0.25, -0.2) is 4.98 Å². The minimum absolute atomic E-state index is 0.300. The van der Waals surface area contributed by atoms with Gasteiger partial charge in [0.2, 0.25) is 0 Å². The Morgan fingerprint density at radius 3 is 2.40 bits per heavy atom. The van der Waals surface area contributed by atoms with E-state index in [1.54, 1.807) is 0 Å². The SMILES string of the molecule is Cc1nc2c(OCc3c(Cl)cccc3Cl)cccn2c1C[N+](C)(C)C. The maximum atomic E-state index is 6.23. The van der Waals surface area contributed by atoms with E-state index >= 15 is 0 Å². The molecule has 25 heavy (non-hydrogen) atoms. The number of benzene rings is 1. The fourth-order valence-electron chi connectivity index (χ4n) is 2.78. The molecule has 0 amide bonds. The van der Waals surface area contributed by atoms with E-state index in [2.05, 4.69) is 25.5 Å². The summed E-state index contributed by atoms with van der Waals surface area (Å²) in [5.74, 6) is 0.717. The van der Waals surface area contributed by atoms with Crippen molar-refractivity contribution in [2.45, 2.75) is 20.1 Å². The number of hydrogen-bond donors (Lipinski definition) is 0. The van der Waals surface area contributed by atoms with Gasteiger partial charge in [-0.3, -0.25) is 4.40 Å². The summed E-state index contributed by atoms with van der Waals surface area (Å²) in [6.07, 6.45) is 2.02. The molecule has 0 aliphatic heterocycles. The Bertz CT molecular complexity index is 893. The van der Waals surface area contributed by atoms with E-state index in [-0.39, 0.29) is 0 Å². The fourth-order valence-corrected chi connectivity index (χ4v) is 3.28. The summed E-state index contributed by atoms with van der Waals surface area (Å²) in [4.78, 5) is 4.72. The summed E-state index contributed by atoms with van der Waals surface area (Å²) >= 11 is 12.5. The third kappa shape index (κ3) is 3.92. The second-order valence-corrected chi connectivity index (χ2v) is 7.96. The van der Waals surface area contributed by atoms with Crippen LogP contribution < -0.4 is 4.74 Å². The maximum Gasteiger partial charge on any atom is 0.180 e. The molecule has 4 nitrogen and oxygen atoms in total. The van der Waals surface area contributed by atoms with Crippen molar-refractivity contribution in [1.82, 2.24) is 9.38 Å². The van der Waals surface area contributed by atoms with Gasteiger partial charge >= 0.3 is 0 Å². The van der Waals surface area contributed by atoms with Crippen LogP contribution >= 0.6 is 23.2 Å². The minimum Gasteiger partial charge on any atom is -0.485 e. The molecule has 0 N–H and O–H groups in total. The summed E-state index contributed by atoms with van der Waals surface area (Å²) in [5, 5.41) is 1.20. The topological polar surface area (TPSA) is 26.5 Å². The smallest absolute Gasteiger partial charge is 0.180 e. The second-order valence-electron chi connectivity index (χ2n) is 7.15. The lowest BCUT2D eigenvalue weighted by atomic mass is 10.2. The summed E-state index contributed by atoms with van der Waals surface area (Å²) in [6, 6.07) is 9.33. The number of imidazole rings is 1. The molecule has 132 valence electrons. The van der Waals surface area contributed by atoms with Gasteiger partial charge in [0.15, 0.2) is 11.4 Å². The molecule has 2 aromatic heterocycles. The lowest BCUT2D eigenvalue weighted by Crippen LogP contribution is -2.34. The Hall–Kier alpha value is -1.75. The average molecular weight is 379 g/mol. The number of aryl methyl sites for hydroxylation is 1. The van der Waals surface area contributed by atoms with Crippen LogP contribution in [0.5, 0.6) is 5.75 Å². The minimum atomic E-state index is 0.300. The zero-order valence-electron chi connectivity index (χ0n) is 14.9. The van der Waals surface area contributed by atoms with E-state index in [0.29, 0.717) is 22.4 Å². The molecule has 0 radical (unpaired) electrons. The van der Waals surface area contributed by atoms with Gasteiger partial charge < -0.3 is 9.22 Å². The monoisotopic (exact) mass is 378 g/mol. The molecule has 0 aliphatic carbocycles. The highest BCUT2D eigenvalue weighted by molar-refractivity contribution is 6.35. The van der Waals surface area contributed by atoms with Crippen LogP contribution in [0.2, 0.25) is 10.0 Å². The lowest BCUT2D eigenvalue weighted by molar-refractivity contribution is -0.884. The molecule has 3 rings (SSSR count). The molecule has 0 fully saturated rings. The molecule has 2 heterocycles. The number of rotatable bonds is 5. The number of aromatic nitrogens is 2. The Morgan fingerprint density at radius 2 is 1.76 bits per heavy atom. The largest absolute Gasteiger partial charge is 0.485 e. The Balaban J connectivity index is 1.94. The molecular formula is C19H22Cl2N3O+. The Morgan fingerprint density at radius 1 is 1.08 bits per heavy atom. The number of halogens is 2. The van der Waals surface area contributed by atoms with Crippen molar-refractivity contribution in [1.29, 1.82) is 0 Å². The highest BCUT2D eigenvalue weighted by atomic mass is 35.5. The molecule has 0 saturated carbocycles. The summed E-state index contributed by atoms with van der Waals surface area (Å²) < 4.78 is 8.94. The molecule has 1 aromatic carbocycles. The van der Waals surface area contributed by atoms with Crippen molar-refractivity contribution in [3.63, 3.8) is 0 Å². The molecule has 0 aliphatic rings. The zero-order chi connectivity index (χ0) is 18.2. The first-order valence-corrected chi connectivity index (χ1v) is 8.84. The summed E-state index contributed by atoms with van der Waals surface area (Å²) in [7, 11) is 6.50. The Labute approximate surface area is 158 Å². The van der Waals surface area contributed by atoms with E-state index in [4.69, 9.17) is 32.9 Å². The van der Waals surface area contributed by atoms with Crippen LogP contribution in [0.4, 0.5) is 0 Å². The lowest BCUT2D eigenvalue weighted by Gasteiger charge is -2.23. The van der Waals surface area contributed by atoms with Crippen LogP contribution in [0, 0.1) is 6.92 Å². The number of hydrogen-bond acceptors (Lipinski definition) is 2.